The summed E-state index contributed by atoms with van der Waals surface area (Å²) in [7, 11) is 0. The molecule has 0 saturated carbocycles. The maximum Gasteiger partial charge on any atom is 0.137 e. The van der Waals surface area contributed by atoms with Gasteiger partial charge in [-0.1, -0.05) is 17.7 Å². The molecule has 0 bridgehead atoms. The van der Waals surface area contributed by atoms with Crippen LogP contribution in [0.3, 0.4) is 0 Å². The molecule has 2 nitrogen and oxygen atoms in total. The van der Waals surface area contributed by atoms with Gasteiger partial charge in [0.05, 0.1) is 11.6 Å². The Labute approximate surface area is 102 Å². The second-order valence-electron chi connectivity index (χ2n) is 4.31. The highest BCUT2D eigenvalue weighted by Crippen LogP contribution is 2.27. The smallest absolute Gasteiger partial charge is 0.137 e. The zero-order valence-corrected chi connectivity index (χ0v) is 10.6. The molecular weight excluding hydrogens is 222 g/mol. The van der Waals surface area contributed by atoms with E-state index >= 15 is 0 Å². The van der Waals surface area contributed by atoms with E-state index in [1.165, 1.54) is 18.5 Å². The van der Waals surface area contributed by atoms with Crippen LogP contribution in [0.4, 0.5) is 0 Å². The van der Waals surface area contributed by atoms with E-state index in [2.05, 4.69) is 17.9 Å². The highest BCUT2D eigenvalue weighted by molar-refractivity contribution is 6.32. The van der Waals surface area contributed by atoms with Crippen LogP contribution in [-0.2, 0) is 6.54 Å². The predicted octanol–water partition coefficient (Wildman–Crippen LogP) is 3.33. The molecule has 1 unspecified atom stereocenters. The topological polar surface area (TPSA) is 12.5 Å². The normalized spacial score (nSPS) is 20.6. The van der Waals surface area contributed by atoms with E-state index < -0.39 is 0 Å². The van der Waals surface area contributed by atoms with Gasteiger partial charge >= 0.3 is 0 Å². The summed E-state index contributed by atoms with van der Waals surface area (Å²) in [5.74, 6) is 0.782. The zero-order chi connectivity index (χ0) is 11.5. The molecule has 3 heteroatoms. The van der Waals surface area contributed by atoms with Crippen LogP contribution in [0.1, 0.15) is 25.8 Å². The summed E-state index contributed by atoms with van der Waals surface area (Å²) >= 11 is 6.15. The summed E-state index contributed by atoms with van der Waals surface area (Å²) in [4.78, 5) is 2.45. The van der Waals surface area contributed by atoms with Crippen LogP contribution in [0.15, 0.2) is 18.2 Å². The van der Waals surface area contributed by atoms with Crippen molar-refractivity contribution in [3.05, 3.63) is 28.8 Å². The van der Waals surface area contributed by atoms with Crippen LogP contribution in [0, 0.1) is 0 Å². The van der Waals surface area contributed by atoms with Crippen LogP contribution in [-0.4, -0.2) is 24.1 Å². The Morgan fingerprint density at radius 1 is 1.50 bits per heavy atom. The van der Waals surface area contributed by atoms with Gasteiger partial charge in [0.15, 0.2) is 0 Å². The number of halogens is 1. The minimum absolute atomic E-state index is 0.655. The average molecular weight is 240 g/mol. The van der Waals surface area contributed by atoms with Crippen LogP contribution in [0.5, 0.6) is 5.75 Å². The van der Waals surface area contributed by atoms with E-state index in [-0.39, 0.29) is 0 Å². The number of benzene rings is 1. The predicted molar refractivity (Wildman–Crippen MR) is 67.1 cm³/mol. The van der Waals surface area contributed by atoms with Crippen molar-refractivity contribution in [1.82, 2.24) is 4.90 Å². The van der Waals surface area contributed by atoms with Crippen LogP contribution < -0.4 is 4.74 Å². The van der Waals surface area contributed by atoms with Crippen LogP contribution in [0.2, 0.25) is 5.02 Å². The fraction of sp³-hybridized carbons (Fsp3) is 0.538. The lowest BCUT2D eigenvalue weighted by molar-refractivity contribution is 0.0959. The first-order valence-electron chi connectivity index (χ1n) is 5.86. The van der Waals surface area contributed by atoms with Crippen molar-refractivity contribution in [2.45, 2.75) is 32.9 Å². The number of rotatable bonds is 4. The first kappa shape index (κ1) is 11.7. The third-order valence-corrected chi connectivity index (χ3v) is 3.43. The SMILES string of the molecule is CCOc1ccc(CN2CCC2C)cc1Cl. The molecule has 0 amide bonds. The largest absolute Gasteiger partial charge is 0.492 e. The van der Waals surface area contributed by atoms with Crippen molar-refractivity contribution in [2.24, 2.45) is 0 Å². The Balaban J connectivity index is 2.02. The van der Waals surface area contributed by atoms with Crippen molar-refractivity contribution in [3.63, 3.8) is 0 Å². The van der Waals surface area contributed by atoms with Gasteiger partial charge in [-0.2, -0.15) is 0 Å². The molecule has 0 spiro atoms. The van der Waals surface area contributed by atoms with Crippen LogP contribution in [0.25, 0.3) is 0 Å². The fourth-order valence-corrected chi connectivity index (χ4v) is 2.21. The van der Waals surface area contributed by atoms with Gasteiger partial charge in [-0.05, 0) is 38.0 Å². The van der Waals surface area contributed by atoms with E-state index in [1.54, 1.807) is 0 Å². The Hall–Kier alpha value is -0.730. The van der Waals surface area contributed by atoms with E-state index in [0.29, 0.717) is 17.7 Å². The Kier molecular flexibility index (Phi) is 3.72. The molecule has 1 aromatic carbocycles. The maximum atomic E-state index is 6.15. The minimum Gasteiger partial charge on any atom is -0.492 e. The summed E-state index contributed by atoms with van der Waals surface area (Å²) in [5, 5.41) is 0.715. The fourth-order valence-electron chi connectivity index (χ4n) is 1.95. The van der Waals surface area contributed by atoms with Gasteiger partial charge in [-0.3, -0.25) is 4.90 Å². The van der Waals surface area contributed by atoms with Crippen molar-refractivity contribution in [2.75, 3.05) is 13.2 Å². The third-order valence-electron chi connectivity index (χ3n) is 3.14. The lowest BCUT2D eigenvalue weighted by atomic mass is 10.0. The quantitative estimate of drug-likeness (QED) is 0.799. The first-order chi connectivity index (χ1) is 7.70. The Morgan fingerprint density at radius 2 is 2.31 bits per heavy atom. The maximum absolute atomic E-state index is 6.15. The van der Waals surface area contributed by atoms with Crippen LogP contribution >= 0.6 is 11.6 Å². The molecule has 1 heterocycles. The monoisotopic (exact) mass is 239 g/mol. The van der Waals surface area contributed by atoms with E-state index in [0.717, 1.165) is 12.3 Å². The first-order valence-corrected chi connectivity index (χ1v) is 6.23. The molecule has 1 fully saturated rings. The second kappa shape index (κ2) is 5.07. The minimum atomic E-state index is 0.655. The lowest BCUT2D eigenvalue weighted by Crippen LogP contribution is -2.44. The van der Waals surface area contributed by atoms with Gasteiger partial charge in [-0.25, -0.2) is 0 Å². The third kappa shape index (κ3) is 2.50. The van der Waals surface area contributed by atoms with Gasteiger partial charge in [-0.15, -0.1) is 0 Å². The van der Waals surface area contributed by atoms with Gasteiger partial charge < -0.3 is 4.74 Å². The molecule has 1 saturated heterocycles. The highest BCUT2D eigenvalue weighted by atomic mass is 35.5. The van der Waals surface area contributed by atoms with Crippen molar-refractivity contribution < 1.29 is 4.74 Å². The summed E-state index contributed by atoms with van der Waals surface area (Å²) in [6.45, 7) is 7.08. The molecule has 88 valence electrons. The highest BCUT2D eigenvalue weighted by Gasteiger charge is 2.23. The molecule has 1 aliphatic heterocycles. The van der Waals surface area contributed by atoms with Crippen molar-refractivity contribution in [1.29, 1.82) is 0 Å². The van der Waals surface area contributed by atoms with Crippen molar-refractivity contribution >= 4 is 11.6 Å². The molecule has 2 rings (SSSR count). The molecule has 0 radical (unpaired) electrons. The van der Waals surface area contributed by atoms with Crippen molar-refractivity contribution in [3.8, 4) is 5.75 Å². The number of likely N-dealkylation sites (tertiary alicyclic amines) is 1. The molecule has 16 heavy (non-hydrogen) atoms. The molecule has 1 aliphatic rings. The standard InChI is InChI=1S/C13H18ClNO/c1-3-16-13-5-4-11(8-12(13)14)9-15-7-6-10(15)2/h4-5,8,10H,3,6-7,9H2,1-2H3. The zero-order valence-electron chi connectivity index (χ0n) is 9.87. The number of nitrogens with zero attached hydrogens (tertiary/aromatic N) is 1. The molecular formula is C13H18ClNO. The van der Waals surface area contributed by atoms with E-state index in [9.17, 15) is 0 Å². The molecule has 1 aromatic rings. The Morgan fingerprint density at radius 3 is 2.81 bits per heavy atom. The summed E-state index contributed by atoms with van der Waals surface area (Å²) in [6, 6.07) is 6.79. The average Bonchev–Trinajstić information content (AvgIpc) is 2.27. The number of hydrogen-bond donors (Lipinski definition) is 0. The second-order valence-corrected chi connectivity index (χ2v) is 4.71. The van der Waals surface area contributed by atoms with Gasteiger partial charge in [0.1, 0.15) is 5.75 Å². The summed E-state index contributed by atoms with van der Waals surface area (Å²) < 4.78 is 5.41. The summed E-state index contributed by atoms with van der Waals surface area (Å²) in [5.41, 5.74) is 1.26. The Bertz CT molecular complexity index is 367. The molecule has 1 atom stereocenters. The van der Waals surface area contributed by atoms with E-state index in [1.807, 2.05) is 19.1 Å². The molecule has 0 N–H and O–H groups in total. The van der Waals surface area contributed by atoms with Gasteiger partial charge in [0.25, 0.3) is 0 Å². The number of ether oxygens (including phenoxy) is 1. The lowest BCUT2D eigenvalue weighted by Gasteiger charge is -2.38. The van der Waals surface area contributed by atoms with Gasteiger partial charge in [0.2, 0.25) is 0 Å². The summed E-state index contributed by atoms with van der Waals surface area (Å²) in [6.07, 6.45) is 1.31. The molecule has 0 aliphatic carbocycles. The molecule has 0 aromatic heterocycles. The van der Waals surface area contributed by atoms with Gasteiger partial charge in [0, 0.05) is 19.1 Å². The number of hydrogen-bond acceptors (Lipinski definition) is 2. The van der Waals surface area contributed by atoms with E-state index in [4.69, 9.17) is 16.3 Å².